The molecule has 0 radical (unpaired) electrons. The maximum absolute atomic E-state index is 12.2. The first kappa shape index (κ1) is 81.9. The SMILES string of the molecule is CC1CCC(C)C1.CCc1cc(C)ccc1C.Cc1cc(C)c2cc[nH]c2c1.Cc1ccc(C)c(C(C)C)c1.Cc1ccc(C)c(C(F)F)c1.Cc1ccc(C)c(O)c1.Cc1ccc(C)c(OC(F)(F)F)c1.Cc1ccc(C)c(OC(F)F)c1.Cc1cnc2cc(C)ccc2c1. The molecule has 12 heteroatoms. The Balaban J connectivity index is 0.000000282. The van der Waals surface area contributed by atoms with Crippen LogP contribution in [0.4, 0.5) is 30.7 Å². The van der Waals surface area contributed by atoms with Crippen LogP contribution in [-0.2, 0) is 6.42 Å². The predicted octanol–water partition coefficient (Wildman–Crippen LogP) is 25.7. The van der Waals surface area contributed by atoms with E-state index in [2.05, 4.69) is 188 Å². The molecule has 1 aliphatic rings. The van der Waals surface area contributed by atoms with E-state index in [1.165, 1.54) is 103 Å². The van der Waals surface area contributed by atoms with Crippen LogP contribution in [0.1, 0.15) is 172 Å². The van der Waals surface area contributed by atoms with Crippen LogP contribution in [0.3, 0.4) is 0 Å². The third-order valence-electron chi connectivity index (χ3n) is 16.1. The number of pyridine rings is 1. The molecule has 518 valence electrons. The predicted molar refractivity (Wildman–Crippen MR) is 390 cm³/mol. The van der Waals surface area contributed by atoms with Crippen molar-refractivity contribution in [1.82, 2.24) is 9.97 Å². The van der Waals surface area contributed by atoms with E-state index in [9.17, 15) is 30.7 Å². The smallest absolute Gasteiger partial charge is 0.508 e. The summed E-state index contributed by atoms with van der Waals surface area (Å²) in [6.07, 6.45) is 2.49. The molecule has 0 saturated heterocycles. The Kier molecular flexibility index (Phi) is 34.3. The molecule has 5 nitrogen and oxygen atoms in total. The van der Waals surface area contributed by atoms with Gasteiger partial charge in [-0.15, -0.1) is 13.2 Å². The van der Waals surface area contributed by atoms with Crippen molar-refractivity contribution in [2.24, 2.45) is 11.8 Å². The van der Waals surface area contributed by atoms with Gasteiger partial charge in [0.2, 0.25) is 0 Å². The summed E-state index contributed by atoms with van der Waals surface area (Å²) in [5.41, 5.74) is 22.5. The second kappa shape index (κ2) is 40.2. The molecule has 11 rings (SSSR count). The standard InChI is InChI=1S/C11H11N.C11H16.C10H11N.C10H14.C9H9F3O.C9H10F2O.C9H10F2.C8H10O.C7H14/c1-8-3-4-10-5-9(2)7-12-11(10)6-8;1-8(2)11-7-9(3)5-6-10(11)4;1-7-5-8(2)9-3-4-11-10(9)6-7;1-4-10-7-8(2)5-6-9(10)3;1-6-3-4-7(2)8(5-6)13-9(10,11)12;1-6-3-4-7(2)8(5-6)12-9(10)11;1-6-3-4-7(2)8(5-6)9(10)11;1-6-3-4-7(2)8(9)5-6;1-6-3-4-7(2)5-6/h3-7H,1-2H3;5-8H,1-4H3;3-6,11H,1-2H3;5-7H,4H2,1-3H3;3-5H,1-2H3;3-5,9H,1-2H3;3-5,9H,1-2H3;3-5,9H,1-2H3;6-7H,3-5H2,1-2H3. The van der Waals surface area contributed by atoms with E-state index in [0.29, 0.717) is 22.8 Å². The van der Waals surface area contributed by atoms with Crippen LogP contribution >= 0.6 is 0 Å². The van der Waals surface area contributed by atoms with Crippen molar-refractivity contribution in [3.05, 3.63) is 270 Å². The molecular formula is C84H105F7N2O3. The number of benzene rings is 8. The molecule has 2 aromatic heterocycles. The zero-order chi connectivity index (χ0) is 72.1. The number of phenolic OH excluding ortho intramolecular Hbond substituents is 1. The monoisotopic (exact) mass is 1320 g/mol. The zero-order valence-electron chi connectivity index (χ0n) is 60.7. The second-order valence-electron chi connectivity index (χ2n) is 26.0. The Labute approximate surface area is 569 Å². The highest BCUT2D eigenvalue weighted by atomic mass is 19.4. The van der Waals surface area contributed by atoms with Crippen LogP contribution in [-0.4, -0.2) is 28.0 Å². The number of aryl methyl sites for hydroxylation is 17. The number of aromatic hydroxyl groups is 1. The van der Waals surface area contributed by atoms with Gasteiger partial charge in [0, 0.05) is 34.2 Å². The summed E-state index contributed by atoms with van der Waals surface area (Å²) in [5.74, 6) is 3.20. The quantitative estimate of drug-likeness (QED) is 0.163. The molecule has 1 saturated carbocycles. The number of ether oxygens (including phenoxy) is 2. The van der Waals surface area contributed by atoms with Crippen molar-refractivity contribution in [1.29, 1.82) is 0 Å². The molecule has 0 spiro atoms. The molecule has 0 amide bonds. The van der Waals surface area contributed by atoms with Crippen LogP contribution in [0.5, 0.6) is 17.2 Å². The number of aromatic amines is 1. The van der Waals surface area contributed by atoms with Crippen LogP contribution < -0.4 is 9.47 Å². The average molecular weight is 1320 g/mol. The summed E-state index contributed by atoms with van der Waals surface area (Å²) < 4.78 is 91.6. The van der Waals surface area contributed by atoms with Gasteiger partial charge in [0.25, 0.3) is 6.43 Å². The summed E-state index contributed by atoms with van der Waals surface area (Å²) in [7, 11) is 0. The summed E-state index contributed by atoms with van der Waals surface area (Å²) in [6, 6.07) is 48.9. The number of hydrogen-bond acceptors (Lipinski definition) is 4. The fraction of sp³-hybridized carbons (Fsp3) is 0.369. The number of alkyl halides is 7. The van der Waals surface area contributed by atoms with Gasteiger partial charge in [-0.05, 0) is 267 Å². The molecule has 2 atom stereocenters. The van der Waals surface area contributed by atoms with Gasteiger partial charge in [-0.3, -0.25) is 4.98 Å². The van der Waals surface area contributed by atoms with Gasteiger partial charge < -0.3 is 19.6 Å². The van der Waals surface area contributed by atoms with Crippen LogP contribution in [0, 0.1) is 123 Å². The van der Waals surface area contributed by atoms with Crippen molar-refractivity contribution in [3.63, 3.8) is 0 Å². The molecule has 1 aliphatic carbocycles. The van der Waals surface area contributed by atoms with Gasteiger partial charge in [0.1, 0.15) is 17.2 Å². The van der Waals surface area contributed by atoms with Gasteiger partial charge in [0.05, 0.1) is 5.52 Å². The molecule has 1 fully saturated rings. The highest BCUT2D eigenvalue weighted by molar-refractivity contribution is 5.83. The lowest BCUT2D eigenvalue weighted by molar-refractivity contribution is -0.274. The number of nitrogens with zero attached hydrogens (tertiary/aromatic N) is 1. The molecule has 0 aliphatic heterocycles. The number of rotatable bonds is 6. The van der Waals surface area contributed by atoms with Gasteiger partial charge in [-0.2, -0.15) is 8.78 Å². The molecule has 2 N–H and O–H groups in total. The lowest BCUT2D eigenvalue weighted by atomic mass is 9.96. The van der Waals surface area contributed by atoms with Crippen molar-refractivity contribution < 1.29 is 45.3 Å². The van der Waals surface area contributed by atoms with Crippen LogP contribution in [0.2, 0.25) is 0 Å². The Morgan fingerprint density at radius 1 is 0.479 bits per heavy atom. The zero-order valence-corrected chi connectivity index (χ0v) is 60.7. The Bertz CT molecular complexity index is 3870. The van der Waals surface area contributed by atoms with Gasteiger partial charge in [-0.25, -0.2) is 8.78 Å². The minimum atomic E-state index is -4.61. The number of aromatic nitrogens is 2. The largest absolute Gasteiger partial charge is 0.573 e. The van der Waals surface area contributed by atoms with Crippen molar-refractivity contribution in [3.8, 4) is 17.2 Å². The first-order valence-corrected chi connectivity index (χ1v) is 32.9. The minimum absolute atomic E-state index is 0.132. The van der Waals surface area contributed by atoms with E-state index in [-0.39, 0.29) is 17.1 Å². The number of phenols is 1. The fourth-order valence-corrected chi connectivity index (χ4v) is 10.5. The summed E-state index contributed by atoms with van der Waals surface area (Å²) >= 11 is 0. The Morgan fingerprint density at radius 2 is 0.938 bits per heavy atom. The first-order chi connectivity index (χ1) is 44.9. The van der Waals surface area contributed by atoms with E-state index in [1.54, 1.807) is 64.1 Å². The summed E-state index contributed by atoms with van der Waals surface area (Å²) in [6.45, 7) is 39.8. The van der Waals surface area contributed by atoms with E-state index in [0.717, 1.165) is 57.2 Å². The molecule has 10 aromatic rings. The van der Waals surface area contributed by atoms with E-state index < -0.39 is 19.4 Å². The molecular weight excluding hydrogens is 1220 g/mol. The van der Waals surface area contributed by atoms with Gasteiger partial charge in [0.15, 0.2) is 0 Å². The molecule has 0 bridgehead atoms. The summed E-state index contributed by atoms with van der Waals surface area (Å²) in [4.78, 5) is 7.54. The average Bonchev–Trinajstić information content (AvgIpc) is 1.88. The number of H-pyrrole nitrogens is 1. The van der Waals surface area contributed by atoms with Gasteiger partial charge in [-0.1, -0.05) is 173 Å². The van der Waals surface area contributed by atoms with Gasteiger partial charge >= 0.3 is 13.0 Å². The lowest BCUT2D eigenvalue weighted by Gasteiger charge is -2.11. The van der Waals surface area contributed by atoms with Crippen molar-refractivity contribution >= 4 is 21.8 Å². The topological polar surface area (TPSA) is 67.4 Å². The summed E-state index contributed by atoms with van der Waals surface area (Å²) in [5, 5.41) is 11.7. The highest BCUT2D eigenvalue weighted by Crippen LogP contribution is 2.30. The van der Waals surface area contributed by atoms with E-state index >= 15 is 0 Å². The van der Waals surface area contributed by atoms with E-state index in [4.69, 9.17) is 5.11 Å². The van der Waals surface area contributed by atoms with Crippen LogP contribution in [0.25, 0.3) is 21.8 Å². The van der Waals surface area contributed by atoms with Crippen LogP contribution in [0.15, 0.2) is 164 Å². The maximum atomic E-state index is 12.2. The molecule has 8 aromatic carbocycles. The number of nitrogens with one attached hydrogen (secondary N) is 1. The number of halogens is 7. The van der Waals surface area contributed by atoms with E-state index in [1.807, 2.05) is 64.4 Å². The minimum Gasteiger partial charge on any atom is -0.508 e. The Morgan fingerprint density at radius 3 is 1.40 bits per heavy atom. The lowest BCUT2D eigenvalue weighted by Crippen LogP contribution is -2.17. The molecule has 2 heterocycles. The normalized spacial score (nSPS) is 12.8. The third-order valence-corrected chi connectivity index (χ3v) is 16.1. The molecule has 2 unspecified atom stereocenters. The number of fused-ring (bicyclic) bond motifs is 2. The first-order valence-electron chi connectivity index (χ1n) is 32.9. The number of hydrogen-bond donors (Lipinski definition) is 2. The third kappa shape index (κ3) is 30.6. The fourth-order valence-electron chi connectivity index (χ4n) is 10.5. The molecule has 96 heavy (non-hydrogen) atoms. The second-order valence-corrected chi connectivity index (χ2v) is 26.0. The van der Waals surface area contributed by atoms with Crippen molar-refractivity contribution in [2.45, 2.75) is 196 Å². The maximum Gasteiger partial charge on any atom is 0.573 e. The Hall–Kier alpha value is -8.38. The highest BCUT2D eigenvalue weighted by Gasteiger charge is 2.31. The van der Waals surface area contributed by atoms with Crippen molar-refractivity contribution in [2.75, 3.05) is 0 Å².